The molecule has 0 saturated heterocycles. The van der Waals surface area contributed by atoms with Gasteiger partial charge in [0.2, 0.25) is 0 Å². The van der Waals surface area contributed by atoms with E-state index in [1.807, 2.05) is 43.3 Å². The number of carbonyl (C=O) groups excluding carboxylic acids is 1. The molecule has 24 heavy (non-hydrogen) atoms. The molecule has 0 aliphatic rings. The number of ether oxygens (including phenoxy) is 1. The maximum atomic E-state index is 12.4. The largest absolute Gasteiger partial charge is 0.497 e. The first-order valence-electron chi connectivity index (χ1n) is 7.79. The standard InChI is InChI=1S/C19H22N2O3/c1-4-18(15-9-11-17(23-2)12-10-15)21-19(22)16-7-5-14(6-8-16)13-20-24-3/h5-13,18H,4H2,1-3H3,(H,21,22)/b20-13+. The Labute approximate surface area is 142 Å². The van der Waals surface area contributed by atoms with Gasteiger partial charge in [-0.1, -0.05) is 36.3 Å². The van der Waals surface area contributed by atoms with E-state index in [4.69, 9.17) is 4.74 Å². The number of carbonyl (C=O) groups is 1. The second kappa shape index (κ2) is 8.72. The third kappa shape index (κ3) is 4.59. The van der Waals surface area contributed by atoms with Crippen LogP contribution in [0.4, 0.5) is 0 Å². The number of nitrogens with zero attached hydrogens (tertiary/aromatic N) is 1. The topological polar surface area (TPSA) is 59.9 Å². The number of methoxy groups -OCH3 is 1. The van der Waals surface area contributed by atoms with E-state index in [0.717, 1.165) is 23.3 Å². The van der Waals surface area contributed by atoms with Crippen molar-refractivity contribution in [3.05, 3.63) is 65.2 Å². The average Bonchev–Trinajstić information content (AvgIpc) is 2.64. The van der Waals surface area contributed by atoms with Crippen molar-refractivity contribution < 1.29 is 14.4 Å². The molecule has 0 heterocycles. The summed E-state index contributed by atoms with van der Waals surface area (Å²) in [6.45, 7) is 2.04. The molecule has 2 aromatic carbocycles. The molecule has 5 heteroatoms. The van der Waals surface area contributed by atoms with Crippen LogP contribution in [0.1, 0.15) is 40.9 Å². The number of rotatable bonds is 7. The molecule has 0 radical (unpaired) electrons. The molecule has 0 saturated carbocycles. The quantitative estimate of drug-likeness (QED) is 0.625. The Balaban J connectivity index is 2.06. The van der Waals surface area contributed by atoms with Crippen LogP contribution >= 0.6 is 0 Å². The van der Waals surface area contributed by atoms with Gasteiger partial charge in [-0.15, -0.1) is 0 Å². The van der Waals surface area contributed by atoms with Crippen LogP contribution < -0.4 is 10.1 Å². The van der Waals surface area contributed by atoms with Crippen LogP contribution in [-0.2, 0) is 4.84 Å². The van der Waals surface area contributed by atoms with E-state index in [1.165, 1.54) is 7.11 Å². The molecule has 0 aromatic heterocycles. The molecule has 1 amide bonds. The fourth-order valence-electron chi connectivity index (χ4n) is 2.33. The Morgan fingerprint density at radius 3 is 2.33 bits per heavy atom. The maximum Gasteiger partial charge on any atom is 0.251 e. The summed E-state index contributed by atoms with van der Waals surface area (Å²) in [7, 11) is 3.12. The van der Waals surface area contributed by atoms with Gasteiger partial charge in [0.05, 0.1) is 19.4 Å². The van der Waals surface area contributed by atoms with Gasteiger partial charge in [0.25, 0.3) is 5.91 Å². The Morgan fingerprint density at radius 1 is 1.12 bits per heavy atom. The highest BCUT2D eigenvalue weighted by molar-refractivity contribution is 5.95. The van der Waals surface area contributed by atoms with Crippen LogP contribution in [-0.4, -0.2) is 26.3 Å². The zero-order chi connectivity index (χ0) is 17.4. The summed E-state index contributed by atoms with van der Waals surface area (Å²) in [6, 6.07) is 14.9. The first-order chi connectivity index (χ1) is 11.7. The Morgan fingerprint density at radius 2 is 1.79 bits per heavy atom. The van der Waals surface area contributed by atoms with Gasteiger partial charge in [0.1, 0.15) is 12.9 Å². The van der Waals surface area contributed by atoms with Gasteiger partial charge in [-0.3, -0.25) is 4.79 Å². The summed E-state index contributed by atoms with van der Waals surface area (Å²) >= 11 is 0. The van der Waals surface area contributed by atoms with Crippen molar-refractivity contribution >= 4 is 12.1 Å². The van der Waals surface area contributed by atoms with Crippen molar-refractivity contribution in [2.75, 3.05) is 14.2 Å². The Hall–Kier alpha value is -2.82. The van der Waals surface area contributed by atoms with E-state index in [-0.39, 0.29) is 11.9 Å². The lowest BCUT2D eigenvalue weighted by Crippen LogP contribution is -2.28. The molecule has 1 atom stereocenters. The van der Waals surface area contributed by atoms with E-state index in [2.05, 4.69) is 15.3 Å². The molecule has 0 aliphatic carbocycles. The molecular formula is C19H22N2O3. The van der Waals surface area contributed by atoms with Crippen LogP contribution in [0, 0.1) is 0 Å². The van der Waals surface area contributed by atoms with Crippen molar-refractivity contribution in [3.8, 4) is 5.75 Å². The Bertz CT molecular complexity index is 679. The summed E-state index contributed by atoms with van der Waals surface area (Å²) in [5.74, 6) is 0.695. The van der Waals surface area contributed by atoms with Crippen molar-refractivity contribution in [2.24, 2.45) is 5.16 Å². The number of hydrogen-bond donors (Lipinski definition) is 1. The van der Waals surface area contributed by atoms with Gasteiger partial charge in [-0.2, -0.15) is 0 Å². The van der Waals surface area contributed by atoms with Gasteiger partial charge in [0.15, 0.2) is 0 Å². The molecule has 5 nitrogen and oxygen atoms in total. The van der Waals surface area contributed by atoms with Gasteiger partial charge in [-0.05, 0) is 41.8 Å². The third-order valence-electron chi connectivity index (χ3n) is 3.71. The second-order valence-electron chi connectivity index (χ2n) is 5.25. The molecule has 1 N–H and O–H groups in total. The minimum absolute atomic E-state index is 0.0434. The predicted molar refractivity (Wildman–Crippen MR) is 94.5 cm³/mol. The van der Waals surface area contributed by atoms with E-state index < -0.39 is 0 Å². The normalized spacial score (nSPS) is 12.0. The van der Waals surface area contributed by atoms with Gasteiger partial charge < -0.3 is 14.9 Å². The lowest BCUT2D eigenvalue weighted by molar-refractivity contribution is 0.0935. The van der Waals surface area contributed by atoms with E-state index in [0.29, 0.717) is 5.56 Å². The van der Waals surface area contributed by atoms with E-state index in [9.17, 15) is 4.79 Å². The van der Waals surface area contributed by atoms with Crippen LogP contribution in [0.25, 0.3) is 0 Å². The first-order valence-corrected chi connectivity index (χ1v) is 7.79. The highest BCUT2D eigenvalue weighted by Gasteiger charge is 2.14. The third-order valence-corrected chi connectivity index (χ3v) is 3.71. The van der Waals surface area contributed by atoms with Crippen LogP contribution in [0.15, 0.2) is 53.7 Å². The Kier molecular flexibility index (Phi) is 6.37. The summed E-state index contributed by atoms with van der Waals surface area (Å²) in [6.07, 6.45) is 2.39. The number of benzene rings is 2. The van der Waals surface area contributed by atoms with E-state index in [1.54, 1.807) is 25.5 Å². The second-order valence-corrected chi connectivity index (χ2v) is 5.25. The first kappa shape index (κ1) is 17.5. The SMILES string of the molecule is CCC(NC(=O)c1ccc(/C=N/OC)cc1)c1ccc(OC)cc1. The molecule has 0 aliphatic heterocycles. The van der Waals surface area contributed by atoms with Crippen LogP contribution in [0.2, 0.25) is 0 Å². The minimum atomic E-state index is -0.104. The van der Waals surface area contributed by atoms with Gasteiger partial charge >= 0.3 is 0 Å². The van der Waals surface area contributed by atoms with Crippen molar-refractivity contribution in [1.29, 1.82) is 0 Å². The van der Waals surface area contributed by atoms with Crippen LogP contribution in [0.3, 0.4) is 0 Å². The average molecular weight is 326 g/mol. The smallest absolute Gasteiger partial charge is 0.251 e. The molecule has 0 fully saturated rings. The molecule has 2 aromatic rings. The fraction of sp³-hybridized carbons (Fsp3) is 0.263. The molecule has 1 unspecified atom stereocenters. The highest BCUT2D eigenvalue weighted by atomic mass is 16.6. The summed E-state index contributed by atoms with van der Waals surface area (Å²) < 4.78 is 5.17. The van der Waals surface area contributed by atoms with Gasteiger partial charge in [0, 0.05) is 5.56 Å². The summed E-state index contributed by atoms with van der Waals surface area (Å²) in [5, 5.41) is 6.76. The molecular weight excluding hydrogens is 304 g/mol. The van der Waals surface area contributed by atoms with Crippen molar-refractivity contribution in [2.45, 2.75) is 19.4 Å². The number of hydrogen-bond acceptors (Lipinski definition) is 4. The lowest BCUT2D eigenvalue weighted by Gasteiger charge is -2.18. The zero-order valence-corrected chi connectivity index (χ0v) is 14.2. The van der Waals surface area contributed by atoms with Crippen molar-refractivity contribution in [1.82, 2.24) is 5.32 Å². The number of amides is 1. The molecule has 0 spiro atoms. The predicted octanol–water partition coefficient (Wildman–Crippen LogP) is 3.56. The summed E-state index contributed by atoms with van der Waals surface area (Å²) in [5.41, 5.74) is 2.53. The molecule has 0 bridgehead atoms. The monoisotopic (exact) mass is 326 g/mol. The van der Waals surface area contributed by atoms with E-state index >= 15 is 0 Å². The fourth-order valence-corrected chi connectivity index (χ4v) is 2.33. The van der Waals surface area contributed by atoms with Crippen LogP contribution in [0.5, 0.6) is 5.75 Å². The van der Waals surface area contributed by atoms with Crippen molar-refractivity contribution in [3.63, 3.8) is 0 Å². The molecule has 126 valence electrons. The number of oxime groups is 1. The lowest BCUT2D eigenvalue weighted by atomic mass is 10.0. The zero-order valence-electron chi connectivity index (χ0n) is 14.2. The summed E-state index contributed by atoms with van der Waals surface area (Å²) in [4.78, 5) is 17.1. The number of nitrogens with one attached hydrogen (secondary N) is 1. The maximum absolute atomic E-state index is 12.4. The molecule has 2 rings (SSSR count). The van der Waals surface area contributed by atoms with Gasteiger partial charge in [-0.25, -0.2) is 0 Å². The minimum Gasteiger partial charge on any atom is -0.497 e. The highest BCUT2D eigenvalue weighted by Crippen LogP contribution is 2.20.